The van der Waals surface area contributed by atoms with E-state index in [1.165, 1.54) is 11.6 Å². The Labute approximate surface area is 148 Å². The van der Waals surface area contributed by atoms with Crippen LogP contribution < -0.4 is 5.32 Å². The molecule has 130 valence electrons. The number of amides is 1. The van der Waals surface area contributed by atoms with E-state index < -0.39 is 0 Å². The summed E-state index contributed by atoms with van der Waals surface area (Å²) in [7, 11) is 0. The van der Waals surface area contributed by atoms with Gasteiger partial charge in [-0.05, 0) is 42.2 Å². The Morgan fingerprint density at radius 3 is 2.76 bits per heavy atom. The monoisotopic (exact) mass is 338 g/mol. The summed E-state index contributed by atoms with van der Waals surface area (Å²) in [6.45, 7) is 4.82. The van der Waals surface area contributed by atoms with Crippen LogP contribution in [0, 0.1) is 12.7 Å². The molecule has 3 nitrogen and oxygen atoms in total. The molecule has 1 heterocycles. The average molecular weight is 338 g/mol. The normalized spacial score (nSPS) is 14.9. The number of nitrogens with one attached hydrogen (secondary N) is 1. The maximum absolute atomic E-state index is 13.3. The average Bonchev–Trinajstić information content (AvgIpc) is 2.61. The molecule has 0 saturated heterocycles. The molecule has 1 aliphatic heterocycles. The van der Waals surface area contributed by atoms with E-state index >= 15 is 0 Å². The van der Waals surface area contributed by atoms with E-state index in [0.29, 0.717) is 19.6 Å². The molecule has 2 aromatic rings. The lowest BCUT2D eigenvalue weighted by molar-refractivity contribution is -0.117. The molecular weight excluding hydrogens is 315 g/mol. The first-order chi connectivity index (χ1) is 12.1. The second-order valence-electron chi connectivity index (χ2n) is 6.45. The number of benzene rings is 2. The van der Waals surface area contributed by atoms with Crippen LogP contribution in [0.3, 0.4) is 0 Å². The van der Waals surface area contributed by atoms with Crippen LogP contribution in [0.25, 0.3) is 0 Å². The van der Waals surface area contributed by atoms with E-state index in [0.717, 1.165) is 29.7 Å². The van der Waals surface area contributed by atoms with Crippen molar-refractivity contribution in [1.29, 1.82) is 0 Å². The van der Waals surface area contributed by atoms with Crippen LogP contribution in [0.2, 0.25) is 0 Å². The molecule has 4 heteroatoms. The largest absolute Gasteiger partial charge is 0.348 e. The summed E-state index contributed by atoms with van der Waals surface area (Å²) in [5, 5.41) is 3.01. The Balaban J connectivity index is 1.52. The lowest BCUT2D eigenvalue weighted by atomic mass is 10.1. The fourth-order valence-corrected chi connectivity index (χ4v) is 3.05. The van der Waals surface area contributed by atoms with Gasteiger partial charge < -0.3 is 5.32 Å². The quantitative estimate of drug-likeness (QED) is 0.904. The second kappa shape index (κ2) is 8.08. The van der Waals surface area contributed by atoms with Gasteiger partial charge in [-0.25, -0.2) is 4.39 Å². The van der Waals surface area contributed by atoms with E-state index in [-0.39, 0.29) is 11.7 Å². The lowest BCUT2D eigenvalue weighted by Crippen LogP contribution is -2.33. The van der Waals surface area contributed by atoms with Crippen molar-refractivity contribution in [2.75, 3.05) is 13.1 Å². The van der Waals surface area contributed by atoms with Crippen molar-refractivity contribution in [2.45, 2.75) is 26.4 Å². The number of carbonyl (C=O) groups excluding carboxylic acids is 1. The van der Waals surface area contributed by atoms with Crippen molar-refractivity contribution >= 4 is 5.91 Å². The molecule has 0 spiro atoms. The standard InChI is InChI=1S/C21H23FN2O/c1-16-5-2-3-7-19(16)14-23-21(25)18-9-11-24(12-10-18)15-17-6-4-8-20(22)13-17/h2-9,13H,10-12,14-15H2,1H3,(H,23,25). The number of rotatable bonds is 5. The molecule has 0 aromatic heterocycles. The molecule has 0 saturated carbocycles. The van der Waals surface area contributed by atoms with Crippen LogP contribution in [0.1, 0.15) is 23.1 Å². The SMILES string of the molecule is Cc1ccccc1CNC(=O)C1=CCN(Cc2cccc(F)c2)CC1. The predicted octanol–water partition coefficient (Wildman–Crippen LogP) is 3.58. The second-order valence-corrected chi connectivity index (χ2v) is 6.45. The molecule has 0 fully saturated rings. The fraction of sp³-hybridized carbons (Fsp3) is 0.286. The first-order valence-corrected chi connectivity index (χ1v) is 8.60. The van der Waals surface area contributed by atoms with E-state index in [1.54, 1.807) is 12.1 Å². The van der Waals surface area contributed by atoms with Crippen LogP contribution in [-0.4, -0.2) is 23.9 Å². The molecule has 3 rings (SSSR count). The van der Waals surface area contributed by atoms with Crippen LogP contribution >= 0.6 is 0 Å². The van der Waals surface area contributed by atoms with Crippen LogP contribution in [0.5, 0.6) is 0 Å². The fourth-order valence-electron chi connectivity index (χ4n) is 3.05. The predicted molar refractivity (Wildman–Crippen MR) is 97.4 cm³/mol. The van der Waals surface area contributed by atoms with E-state index in [4.69, 9.17) is 0 Å². The summed E-state index contributed by atoms with van der Waals surface area (Å²) >= 11 is 0. The third kappa shape index (κ3) is 4.77. The molecule has 0 radical (unpaired) electrons. The highest BCUT2D eigenvalue weighted by molar-refractivity contribution is 5.93. The topological polar surface area (TPSA) is 32.3 Å². The highest BCUT2D eigenvalue weighted by atomic mass is 19.1. The summed E-state index contributed by atoms with van der Waals surface area (Å²) in [6.07, 6.45) is 2.70. The molecular formula is C21H23FN2O. The highest BCUT2D eigenvalue weighted by Gasteiger charge is 2.17. The maximum atomic E-state index is 13.3. The van der Waals surface area contributed by atoms with E-state index in [9.17, 15) is 9.18 Å². The van der Waals surface area contributed by atoms with Gasteiger partial charge >= 0.3 is 0 Å². The molecule has 1 N–H and O–H groups in total. The van der Waals surface area contributed by atoms with E-state index in [1.807, 2.05) is 43.3 Å². The molecule has 25 heavy (non-hydrogen) atoms. The Hall–Kier alpha value is -2.46. The van der Waals surface area contributed by atoms with Gasteiger partial charge in [0.15, 0.2) is 0 Å². The van der Waals surface area contributed by atoms with Gasteiger partial charge in [-0.15, -0.1) is 0 Å². The molecule has 0 unspecified atom stereocenters. The smallest absolute Gasteiger partial charge is 0.247 e. The van der Waals surface area contributed by atoms with Crippen LogP contribution in [0.4, 0.5) is 4.39 Å². The summed E-state index contributed by atoms with van der Waals surface area (Å²) in [5.41, 5.74) is 4.12. The van der Waals surface area contributed by atoms with Gasteiger partial charge in [-0.1, -0.05) is 42.5 Å². The Morgan fingerprint density at radius 2 is 2.04 bits per heavy atom. The van der Waals surface area contributed by atoms with Gasteiger partial charge in [0.1, 0.15) is 5.82 Å². The molecule has 0 aliphatic carbocycles. The summed E-state index contributed by atoms with van der Waals surface area (Å²) in [4.78, 5) is 14.6. The number of nitrogens with zero attached hydrogens (tertiary/aromatic N) is 1. The Bertz CT molecular complexity index is 785. The van der Waals surface area contributed by atoms with Gasteiger partial charge in [0, 0.05) is 31.8 Å². The zero-order valence-corrected chi connectivity index (χ0v) is 14.5. The van der Waals surface area contributed by atoms with Crippen molar-refractivity contribution in [2.24, 2.45) is 0 Å². The molecule has 0 bridgehead atoms. The number of hydrogen-bond acceptors (Lipinski definition) is 2. The van der Waals surface area contributed by atoms with Crippen molar-refractivity contribution in [3.8, 4) is 0 Å². The van der Waals surface area contributed by atoms with Gasteiger partial charge in [0.2, 0.25) is 5.91 Å². The van der Waals surface area contributed by atoms with Crippen LogP contribution in [0.15, 0.2) is 60.2 Å². The Morgan fingerprint density at radius 1 is 1.20 bits per heavy atom. The molecule has 0 atom stereocenters. The minimum Gasteiger partial charge on any atom is -0.348 e. The summed E-state index contributed by atoms with van der Waals surface area (Å²) in [6, 6.07) is 14.7. The minimum absolute atomic E-state index is 0.00802. The van der Waals surface area contributed by atoms with Gasteiger partial charge in [-0.3, -0.25) is 9.69 Å². The third-order valence-electron chi connectivity index (χ3n) is 4.58. The number of halogens is 1. The number of carbonyl (C=O) groups is 1. The van der Waals surface area contributed by atoms with Crippen LogP contribution in [-0.2, 0) is 17.9 Å². The van der Waals surface area contributed by atoms with Crippen molar-refractivity contribution in [1.82, 2.24) is 10.2 Å². The van der Waals surface area contributed by atoms with Crippen molar-refractivity contribution < 1.29 is 9.18 Å². The molecule has 2 aromatic carbocycles. The third-order valence-corrected chi connectivity index (χ3v) is 4.58. The molecule has 1 aliphatic rings. The van der Waals surface area contributed by atoms with Crippen molar-refractivity contribution in [3.05, 3.63) is 82.7 Å². The lowest BCUT2D eigenvalue weighted by Gasteiger charge is -2.26. The molecule has 1 amide bonds. The first kappa shape index (κ1) is 17.4. The minimum atomic E-state index is -0.207. The zero-order valence-electron chi connectivity index (χ0n) is 14.5. The van der Waals surface area contributed by atoms with E-state index in [2.05, 4.69) is 10.2 Å². The van der Waals surface area contributed by atoms with Gasteiger partial charge in [0.25, 0.3) is 0 Å². The maximum Gasteiger partial charge on any atom is 0.247 e. The zero-order chi connectivity index (χ0) is 17.6. The number of hydrogen-bond donors (Lipinski definition) is 1. The first-order valence-electron chi connectivity index (χ1n) is 8.60. The van der Waals surface area contributed by atoms with Gasteiger partial charge in [-0.2, -0.15) is 0 Å². The van der Waals surface area contributed by atoms with Gasteiger partial charge in [0.05, 0.1) is 0 Å². The number of aryl methyl sites for hydroxylation is 1. The highest BCUT2D eigenvalue weighted by Crippen LogP contribution is 2.15. The van der Waals surface area contributed by atoms with Crippen molar-refractivity contribution in [3.63, 3.8) is 0 Å². The summed E-state index contributed by atoms with van der Waals surface area (Å²) in [5.74, 6) is -0.199. The Kier molecular flexibility index (Phi) is 5.61. The summed E-state index contributed by atoms with van der Waals surface area (Å²) < 4.78 is 13.3.